The lowest BCUT2D eigenvalue weighted by Gasteiger charge is -2.16. The summed E-state index contributed by atoms with van der Waals surface area (Å²) in [7, 11) is 0. The van der Waals surface area contributed by atoms with Crippen molar-refractivity contribution in [3.05, 3.63) is 35.4 Å². The van der Waals surface area contributed by atoms with E-state index in [2.05, 4.69) is 29.6 Å². The smallest absolute Gasteiger partial charge is 0.0825 e. The van der Waals surface area contributed by atoms with Gasteiger partial charge in [-0.15, -0.1) is 0 Å². The zero-order valence-electron chi connectivity index (χ0n) is 7.16. The maximum atomic E-state index is 2.47. The third-order valence-electron chi connectivity index (χ3n) is 3.35. The molecule has 1 saturated heterocycles. The van der Waals surface area contributed by atoms with Gasteiger partial charge in [0.05, 0.1) is 13.1 Å². The molecule has 1 heterocycles. The Morgan fingerprint density at radius 3 is 2.17 bits per heavy atom. The summed E-state index contributed by atoms with van der Waals surface area (Å²) in [6, 6.07) is 9.00. The monoisotopic (exact) mass is 160 g/mol. The summed E-state index contributed by atoms with van der Waals surface area (Å²) in [5, 5.41) is 2.47. The minimum Gasteiger partial charge on any atom is -0.345 e. The molecule has 0 amide bonds. The molecule has 0 radical (unpaired) electrons. The summed E-state index contributed by atoms with van der Waals surface area (Å²) in [5.74, 6) is 1.72. The van der Waals surface area contributed by atoms with Gasteiger partial charge in [-0.3, -0.25) is 0 Å². The lowest BCUT2D eigenvalue weighted by Crippen LogP contribution is -2.87. The lowest BCUT2D eigenvalue weighted by atomic mass is 9.98. The van der Waals surface area contributed by atoms with Gasteiger partial charge < -0.3 is 5.32 Å². The largest absolute Gasteiger partial charge is 0.345 e. The first-order valence-corrected chi connectivity index (χ1v) is 4.85. The Kier molecular flexibility index (Phi) is 1.30. The van der Waals surface area contributed by atoms with E-state index in [4.69, 9.17) is 0 Å². The number of fused-ring (bicyclic) bond motifs is 5. The van der Waals surface area contributed by atoms with Gasteiger partial charge in [0.1, 0.15) is 0 Å². The maximum absolute atomic E-state index is 2.47. The average Bonchev–Trinajstić information content (AvgIpc) is 2.41. The molecule has 1 fully saturated rings. The summed E-state index contributed by atoms with van der Waals surface area (Å²) in [6.07, 6.45) is 1.41. The van der Waals surface area contributed by atoms with E-state index in [0.29, 0.717) is 0 Å². The van der Waals surface area contributed by atoms with Gasteiger partial charge >= 0.3 is 0 Å². The first kappa shape index (κ1) is 6.67. The van der Waals surface area contributed by atoms with Crippen molar-refractivity contribution in [2.45, 2.75) is 18.3 Å². The summed E-state index contributed by atoms with van der Waals surface area (Å²) < 4.78 is 0. The van der Waals surface area contributed by atoms with E-state index in [-0.39, 0.29) is 0 Å². The molecule has 62 valence electrons. The molecule has 2 atom stereocenters. The topological polar surface area (TPSA) is 16.6 Å². The number of hydrogen-bond acceptors (Lipinski definition) is 0. The van der Waals surface area contributed by atoms with E-state index in [9.17, 15) is 0 Å². The van der Waals surface area contributed by atoms with Gasteiger partial charge in [-0.05, 0) is 17.5 Å². The molecule has 1 nitrogen and oxygen atoms in total. The van der Waals surface area contributed by atoms with Crippen molar-refractivity contribution >= 4 is 0 Å². The quantitative estimate of drug-likeness (QED) is 0.579. The number of benzene rings is 1. The maximum Gasteiger partial charge on any atom is 0.0825 e. The molecule has 2 bridgehead atoms. The van der Waals surface area contributed by atoms with Crippen LogP contribution in [0.25, 0.3) is 0 Å². The zero-order chi connectivity index (χ0) is 7.97. The summed E-state index contributed by atoms with van der Waals surface area (Å²) in [4.78, 5) is 0. The second-order valence-electron chi connectivity index (χ2n) is 4.02. The summed E-state index contributed by atoms with van der Waals surface area (Å²) in [5.41, 5.74) is 3.27. The molecule has 1 heteroatoms. The molecule has 2 N–H and O–H groups in total. The molecule has 3 rings (SSSR count). The van der Waals surface area contributed by atoms with Crippen molar-refractivity contribution in [2.24, 2.45) is 0 Å². The third kappa shape index (κ3) is 0.774. The van der Waals surface area contributed by atoms with Gasteiger partial charge in [0.25, 0.3) is 0 Å². The molecule has 0 saturated carbocycles. The molecule has 12 heavy (non-hydrogen) atoms. The highest BCUT2D eigenvalue weighted by Gasteiger charge is 2.35. The van der Waals surface area contributed by atoms with Crippen molar-refractivity contribution in [3.8, 4) is 0 Å². The number of piperidine rings is 1. The van der Waals surface area contributed by atoms with Gasteiger partial charge in [0, 0.05) is 11.8 Å². The Morgan fingerprint density at radius 1 is 1.00 bits per heavy atom. The van der Waals surface area contributed by atoms with Crippen LogP contribution in [-0.2, 0) is 0 Å². The molecule has 0 aromatic heterocycles. The minimum atomic E-state index is 0.861. The predicted octanol–water partition coefficient (Wildman–Crippen LogP) is 0.834. The van der Waals surface area contributed by atoms with Crippen LogP contribution in [-0.4, -0.2) is 13.1 Å². The predicted molar refractivity (Wildman–Crippen MR) is 48.2 cm³/mol. The van der Waals surface area contributed by atoms with Crippen LogP contribution in [0.15, 0.2) is 24.3 Å². The van der Waals surface area contributed by atoms with Crippen LogP contribution in [0.2, 0.25) is 0 Å². The van der Waals surface area contributed by atoms with Crippen LogP contribution in [0.3, 0.4) is 0 Å². The Hall–Kier alpha value is -0.820. The van der Waals surface area contributed by atoms with Crippen LogP contribution in [0.5, 0.6) is 0 Å². The second kappa shape index (κ2) is 2.33. The van der Waals surface area contributed by atoms with E-state index in [1.807, 2.05) is 0 Å². The zero-order valence-corrected chi connectivity index (χ0v) is 7.16. The number of quaternary nitrogens is 1. The van der Waals surface area contributed by atoms with Crippen molar-refractivity contribution in [2.75, 3.05) is 13.1 Å². The Bertz CT molecular complexity index is 277. The number of hydrogen-bond donors (Lipinski definition) is 1. The van der Waals surface area contributed by atoms with E-state index >= 15 is 0 Å². The first-order valence-electron chi connectivity index (χ1n) is 4.85. The van der Waals surface area contributed by atoms with E-state index in [1.165, 1.54) is 19.5 Å². The SMILES string of the molecule is c1ccc2c(c1)C1C[NH2+]CC2C1. The van der Waals surface area contributed by atoms with Crippen LogP contribution in [0.1, 0.15) is 29.4 Å². The summed E-state index contributed by atoms with van der Waals surface area (Å²) >= 11 is 0. The first-order chi connectivity index (χ1) is 5.95. The third-order valence-corrected chi connectivity index (χ3v) is 3.35. The molecule has 2 aliphatic rings. The fourth-order valence-corrected chi connectivity index (χ4v) is 2.80. The highest BCUT2D eigenvalue weighted by atomic mass is 14.9. The molecular weight excluding hydrogens is 146 g/mol. The summed E-state index contributed by atoms with van der Waals surface area (Å²) in [6.45, 7) is 2.63. The van der Waals surface area contributed by atoms with E-state index in [1.54, 1.807) is 11.1 Å². The minimum absolute atomic E-state index is 0.861. The van der Waals surface area contributed by atoms with Crippen molar-refractivity contribution in [3.63, 3.8) is 0 Å². The van der Waals surface area contributed by atoms with Crippen molar-refractivity contribution in [1.82, 2.24) is 0 Å². The Balaban J connectivity index is 2.16. The highest BCUT2D eigenvalue weighted by Crippen LogP contribution is 2.41. The number of rotatable bonds is 0. The normalized spacial score (nSPS) is 31.7. The molecular formula is C11H14N+. The Labute approximate surface area is 72.8 Å². The van der Waals surface area contributed by atoms with Crippen LogP contribution < -0.4 is 5.32 Å². The van der Waals surface area contributed by atoms with Gasteiger partial charge in [0.15, 0.2) is 0 Å². The van der Waals surface area contributed by atoms with Crippen molar-refractivity contribution < 1.29 is 5.32 Å². The lowest BCUT2D eigenvalue weighted by molar-refractivity contribution is -0.665. The van der Waals surface area contributed by atoms with Crippen LogP contribution in [0.4, 0.5) is 0 Å². The van der Waals surface area contributed by atoms with Crippen LogP contribution >= 0.6 is 0 Å². The fraction of sp³-hybridized carbons (Fsp3) is 0.455. The second-order valence-corrected chi connectivity index (χ2v) is 4.02. The van der Waals surface area contributed by atoms with Gasteiger partial charge in [-0.25, -0.2) is 0 Å². The molecule has 2 unspecified atom stereocenters. The average molecular weight is 160 g/mol. The van der Waals surface area contributed by atoms with Gasteiger partial charge in [-0.2, -0.15) is 0 Å². The molecule has 1 aromatic rings. The fourth-order valence-electron chi connectivity index (χ4n) is 2.80. The molecule has 0 spiro atoms. The van der Waals surface area contributed by atoms with Crippen LogP contribution in [0, 0.1) is 0 Å². The van der Waals surface area contributed by atoms with Gasteiger partial charge in [0.2, 0.25) is 0 Å². The molecule has 1 aliphatic heterocycles. The standard InChI is InChI=1S/C11H13N/c1-2-4-11-9-5-8(6-12-7-9)10(11)3-1/h1-4,8-9,12H,5-7H2/p+1. The van der Waals surface area contributed by atoms with Crippen molar-refractivity contribution in [1.29, 1.82) is 0 Å². The van der Waals surface area contributed by atoms with E-state index < -0.39 is 0 Å². The van der Waals surface area contributed by atoms with Gasteiger partial charge in [-0.1, -0.05) is 24.3 Å². The Morgan fingerprint density at radius 2 is 1.58 bits per heavy atom. The molecule has 1 aliphatic carbocycles. The van der Waals surface area contributed by atoms with E-state index in [0.717, 1.165) is 11.8 Å². The number of nitrogens with two attached hydrogens (primary N) is 1. The molecule has 1 aromatic carbocycles. The highest BCUT2D eigenvalue weighted by molar-refractivity contribution is 5.39.